The summed E-state index contributed by atoms with van der Waals surface area (Å²) in [7, 11) is 5.11. The Morgan fingerprint density at radius 2 is 1.83 bits per heavy atom. The Morgan fingerprint density at radius 1 is 1.12 bits per heavy atom. The summed E-state index contributed by atoms with van der Waals surface area (Å²) in [4.78, 5) is 18.8. The molecule has 7 heteroatoms. The fourth-order valence-corrected chi connectivity index (χ4v) is 3.72. The molecule has 0 unspecified atom stereocenters. The van der Waals surface area contributed by atoms with Crippen LogP contribution < -0.4 is 9.47 Å². The molecule has 1 amide bonds. The van der Waals surface area contributed by atoms with E-state index in [4.69, 9.17) is 21.1 Å². The van der Waals surface area contributed by atoms with Gasteiger partial charge in [0.25, 0.3) is 0 Å². The minimum absolute atomic E-state index is 0.0442. The smallest absolute Gasteiger partial charge is 0.241 e. The van der Waals surface area contributed by atoms with Gasteiger partial charge < -0.3 is 14.4 Å². The number of piperazine rings is 2. The zero-order valence-electron chi connectivity index (χ0n) is 14.4. The molecule has 132 valence electrons. The van der Waals surface area contributed by atoms with E-state index < -0.39 is 0 Å². The van der Waals surface area contributed by atoms with Crippen molar-refractivity contribution in [3.05, 3.63) is 22.7 Å². The second-order valence-electron chi connectivity index (χ2n) is 6.35. The minimum atomic E-state index is -0.0442. The molecule has 2 aliphatic rings. The lowest BCUT2D eigenvalue weighted by Gasteiger charge is -2.45. The highest BCUT2D eigenvalue weighted by Gasteiger charge is 2.37. The van der Waals surface area contributed by atoms with Gasteiger partial charge in [0.2, 0.25) is 5.91 Å². The van der Waals surface area contributed by atoms with Gasteiger partial charge in [-0.15, -0.1) is 0 Å². The summed E-state index contributed by atoms with van der Waals surface area (Å²) < 4.78 is 10.7. The standard InChI is InChI=1S/C17H24ClN3O3/c1-19-4-6-21-7-5-20(11-14(21)17(19)22)10-12-8-13(18)16(24-3)9-15(12)23-2/h8-9,14H,4-7,10-11H2,1-3H3/t14-/m0/s1. The Balaban J connectivity index is 1.75. The van der Waals surface area contributed by atoms with Crippen molar-refractivity contribution in [1.82, 2.24) is 14.7 Å². The van der Waals surface area contributed by atoms with Crippen LogP contribution in [0.3, 0.4) is 0 Å². The topological polar surface area (TPSA) is 45.3 Å². The van der Waals surface area contributed by atoms with E-state index in [0.29, 0.717) is 17.3 Å². The van der Waals surface area contributed by atoms with Crippen molar-refractivity contribution >= 4 is 17.5 Å². The van der Waals surface area contributed by atoms with E-state index in [9.17, 15) is 4.79 Å². The van der Waals surface area contributed by atoms with E-state index >= 15 is 0 Å². The quantitative estimate of drug-likeness (QED) is 0.817. The van der Waals surface area contributed by atoms with E-state index in [2.05, 4.69) is 9.80 Å². The Kier molecular flexibility index (Phi) is 5.18. The lowest BCUT2D eigenvalue weighted by molar-refractivity contribution is -0.143. The number of fused-ring (bicyclic) bond motifs is 1. The third-order valence-electron chi connectivity index (χ3n) is 4.91. The van der Waals surface area contributed by atoms with Gasteiger partial charge >= 0.3 is 0 Å². The molecule has 1 aromatic rings. The van der Waals surface area contributed by atoms with Crippen molar-refractivity contribution in [2.24, 2.45) is 0 Å². The number of benzene rings is 1. The summed E-state index contributed by atoms with van der Waals surface area (Å²) in [6.07, 6.45) is 0. The summed E-state index contributed by atoms with van der Waals surface area (Å²) in [5.41, 5.74) is 1.01. The molecule has 3 rings (SSSR count). The van der Waals surface area contributed by atoms with Crippen molar-refractivity contribution in [2.45, 2.75) is 12.6 Å². The molecule has 1 atom stereocenters. The fourth-order valence-electron chi connectivity index (χ4n) is 3.45. The number of carbonyl (C=O) groups excluding carboxylic acids is 1. The summed E-state index contributed by atoms with van der Waals surface area (Å²) in [5, 5.41) is 0.570. The first-order chi connectivity index (χ1) is 11.5. The van der Waals surface area contributed by atoms with Crippen LogP contribution in [0.25, 0.3) is 0 Å². The predicted molar refractivity (Wildman–Crippen MR) is 92.8 cm³/mol. The Labute approximate surface area is 147 Å². The van der Waals surface area contributed by atoms with Gasteiger partial charge in [0.05, 0.1) is 19.2 Å². The van der Waals surface area contributed by atoms with Gasteiger partial charge in [0, 0.05) is 57.9 Å². The summed E-state index contributed by atoms with van der Waals surface area (Å²) in [5.74, 6) is 1.57. The third-order valence-corrected chi connectivity index (χ3v) is 5.20. The zero-order valence-corrected chi connectivity index (χ0v) is 15.2. The van der Waals surface area contributed by atoms with Gasteiger partial charge in [-0.2, -0.15) is 0 Å². The van der Waals surface area contributed by atoms with E-state index in [1.165, 1.54) is 0 Å². The van der Waals surface area contributed by atoms with E-state index in [-0.39, 0.29) is 11.9 Å². The number of carbonyl (C=O) groups is 1. The van der Waals surface area contributed by atoms with Crippen LogP contribution in [0, 0.1) is 0 Å². The monoisotopic (exact) mass is 353 g/mol. The number of nitrogens with zero attached hydrogens (tertiary/aromatic N) is 3. The SMILES string of the molecule is COc1cc(OC)c(CN2CCN3CCN(C)C(=O)[C@@H]3C2)cc1Cl. The lowest BCUT2D eigenvalue weighted by Crippen LogP contribution is -2.63. The molecule has 2 fully saturated rings. The maximum Gasteiger partial charge on any atom is 0.241 e. The lowest BCUT2D eigenvalue weighted by atomic mass is 10.1. The molecule has 0 saturated carbocycles. The number of methoxy groups -OCH3 is 2. The van der Waals surface area contributed by atoms with Crippen LogP contribution in [0.4, 0.5) is 0 Å². The number of hydrogen-bond acceptors (Lipinski definition) is 5. The number of ether oxygens (including phenoxy) is 2. The average Bonchev–Trinajstić information content (AvgIpc) is 2.59. The van der Waals surface area contributed by atoms with Gasteiger partial charge in [0.1, 0.15) is 17.5 Å². The molecule has 2 aliphatic heterocycles. The predicted octanol–water partition coefficient (Wildman–Crippen LogP) is 1.32. The molecule has 2 heterocycles. The van der Waals surface area contributed by atoms with E-state index in [1.54, 1.807) is 14.2 Å². The van der Waals surface area contributed by atoms with Crippen LogP contribution >= 0.6 is 11.6 Å². The number of hydrogen-bond donors (Lipinski definition) is 0. The molecule has 0 aromatic heterocycles. The Morgan fingerprint density at radius 3 is 2.54 bits per heavy atom. The zero-order chi connectivity index (χ0) is 17.3. The maximum absolute atomic E-state index is 12.4. The number of likely N-dealkylation sites (N-methyl/N-ethyl adjacent to an activating group) is 1. The molecular formula is C17H24ClN3O3. The summed E-state index contributed by atoms with van der Waals surface area (Å²) in [6.45, 7) is 5.05. The highest BCUT2D eigenvalue weighted by Crippen LogP contribution is 2.33. The Hall–Kier alpha value is -1.50. The average molecular weight is 354 g/mol. The van der Waals surface area contributed by atoms with E-state index in [1.807, 2.05) is 24.1 Å². The molecule has 1 aromatic carbocycles. The first-order valence-electron chi connectivity index (χ1n) is 8.15. The number of halogens is 1. The first kappa shape index (κ1) is 17.3. The minimum Gasteiger partial charge on any atom is -0.496 e. The van der Waals surface area contributed by atoms with Crippen molar-refractivity contribution in [2.75, 3.05) is 54.0 Å². The molecule has 0 aliphatic carbocycles. The second kappa shape index (κ2) is 7.17. The van der Waals surface area contributed by atoms with Crippen molar-refractivity contribution < 1.29 is 14.3 Å². The van der Waals surface area contributed by atoms with Gasteiger partial charge in [-0.3, -0.25) is 14.6 Å². The highest BCUT2D eigenvalue weighted by atomic mass is 35.5. The van der Waals surface area contributed by atoms with Crippen molar-refractivity contribution in [3.63, 3.8) is 0 Å². The largest absolute Gasteiger partial charge is 0.496 e. The molecule has 0 N–H and O–H groups in total. The van der Waals surface area contributed by atoms with Gasteiger partial charge in [-0.05, 0) is 6.07 Å². The molecular weight excluding hydrogens is 330 g/mol. The molecule has 0 bridgehead atoms. The highest BCUT2D eigenvalue weighted by molar-refractivity contribution is 6.32. The van der Waals surface area contributed by atoms with Crippen LogP contribution in [-0.2, 0) is 11.3 Å². The van der Waals surface area contributed by atoms with Crippen LogP contribution in [0.1, 0.15) is 5.56 Å². The van der Waals surface area contributed by atoms with Crippen LogP contribution in [-0.4, -0.2) is 80.6 Å². The van der Waals surface area contributed by atoms with Gasteiger partial charge in [-0.1, -0.05) is 11.6 Å². The number of rotatable bonds is 4. The number of amides is 1. The first-order valence-corrected chi connectivity index (χ1v) is 8.53. The molecule has 24 heavy (non-hydrogen) atoms. The summed E-state index contributed by atoms with van der Waals surface area (Å²) >= 11 is 6.26. The summed E-state index contributed by atoms with van der Waals surface area (Å²) in [6, 6.07) is 3.66. The normalized spacial score (nSPS) is 22.4. The van der Waals surface area contributed by atoms with E-state index in [0.717, 1.165) is 44.0 Å². The van der Waals surface area contributed by atoms with Crippen LogP contribution in [0.2, 0.25) is 5.02 Å². The molecule has 0 radical (unpaired) electrons. The van der Waals surface area contributed by atoms with Crippen molar-refractivity contribution in [3.8, 4) is 11.5 Å². The van der Waals surface area contributed by atoms with Gasteiger partial charge in [0.15, 0.2) is 0 Å². The van der Waals surface area contributed by atoms with Crippen LogP contribution in [0.5, 0.6) is 11.5 Å². The maximum atomic E-state index is 12.4. The molecule has 6 nitrogen and oxygen atoms in total. The van der Waals surface area contributed by atoms with Crippen molar-refractivity contribution in [1.29, 1.82) is 0 Å². The third kappa shape index (κ3) is 3.31. The Bertz CT molecular complexity index is 625. The van der Waals surface area contributed by atoms with Crippen LogP contribution in [0.15, 0.2) is 12.1 Å². The molecule has 0 spiro atoms. The second-order valence-corrected chi connectivity index (χ2v) is 6.75. The molecule has 2 saturated heterocycles. The van der Waals surface area contributed by atoms with Gasteiger partial charge in [-0.25, -0.2) is 0 Å². The fraction of sp³-hybridized carbons (Fsp3) is 0.588.